The minimum absolute atomic E-state index is 0.0104. The second kappa shape index (κ2) is 14.3. The van der Waals surface area contributed by atoms with Gasteiger partial charge in [-0.1, -0.05) is 40.9 Å². The molecule has 1 fully saturated rings. The lowest BCUT2D eigenvalue weighted by molar-refractivity contribution is -0.117. The maximum atomic E-state index is 16.0. The first-order valence-electron chi connectivity index (χ1n) is 14.6. The van der Waals surface area contributed by atoms with Crippen molar-refractivity contribution in [1.29, 1.82) is 0 Å². The van der Waals surface area contributed by atoms with E-state index in [1.807, 2.05) is 0 Å². The van der Waals surface area contributed by atoms with Gasteiger partial charge in [0, 0.05) is 11.6 Å². The number of nitrogens with zero attached hydrogens (tertiary/aromatic N) is 1. The van der Waals surface area contributed by atoms with Crippen molar-refractivity contribution in [1.82, 2.24) is 0 Å². The minimum atomic E-state index is -1.58. The van der Waals surface area contributed by atoms with E-state index in [0.717, 1.165) is 18.2 Å². The number of carbonyl (C=O) groups is 4. The largest absolute Gasteiger partial charge is 0.443 e. The molecule has 1 aliphatic carbocycles. The molecule has 3 aromatic carbocycles. The highest BCUT2D eigenvalue weighted by atomic mass is 35.5. The fraction of sp³-hybridized carbons (Fsp3) is 0.333. The molecule has 4 rings (SSSR count). The first kappa shape index (κ1) is 39.4. The van der Waals surface area contributed by atoms with Crippen molar-refractivity contribution in [2.45, 2.75) is 63.0 Å². The first-order chi connectivity index (χ1) is 22.9. The third-order valence-electron chi connectivity index (χ3n) is 6.87. The van der Waals surface area contributed by atoms with Crippen LogP contribution in [0.2, 0.25) is 15.1 Å². The Morgan fingerprint density at radius 3 is 1.90 bits per heavy atom. The molecule has 0 saturated heterocycles. The van der Waals surface area contributed by atoms with Crippen molar-refractivity contribution >= 4 is 99.1 Å². The highest BCUT2D eigenvalue weighted by molar-refractivity contribution is 6.53. The highest BCUT2D eigenvalue weighted by Crippen LogP contribution is 2.65. The number of rotatable bonds is 6. The third kappa shape index (κ3) is 8.71. The van der Waals surface area contributed by atoms with Crippen LogP contribution in [-0.2, 0) is 14.3 Å². The van der Waals surface area contributed by atoms with Crippen LogP contribution in [0.1, 0.15) is 63.4 Å². The Hall–Kier alpha value is -3.42. The van der Waals surface area contributed by atoms with Gasteiger partial charge in [-0.2, -0.15) is 4.90 Å². The number of benzene rings is 3. The van der Waals surface area contributed by atoms with E-state index in [0.29, 0.717) is 11.6 Å². The molecule has 3 aromatic rings. The maximum Gasteiger partial charge on any atom is 0.424 e. The average Bonchev–Trinajstić information content (AvgIpc) is 3.55. The number of carbonyl (C=O) groups excluding carboxylic acids is 4. The van der Waals surface area contributed by atoms with Gasteiger partial charge in [-0.25, -0.2) is 22.8 Å². The van der Waals surface area contributed by atoms with Crippen LogP contribution in [0.5, 0.6) is 0 Å². The molecular weight excluding hydrogens is 769 g/mol. The van der Waals surface area contributed by atoms with Gasteiger partial charge in [0.2, 0.25) is 5.91 Å². The van der Waals surface area contributed by atoms with Gasteiger partial charge in [0.1, 0.15) is 27.0 Å². The molecule has 1 saturated carbocycles. The summed E-state index contributed by atoms with van der Waals surface area (Å²) in [5.41, 5.74) is -4.67. The molecule has 0 spiro atoms. The zero-order chi connectivity index (χ0) is 37.7. The molecule has 0 radical (unpaired) electrons. The van der Waals surface area contributed by atoms with Gasteiger partial charge >= 0.3 is 12.2 Å². The number of ether oxygens (including phenoxy) is 2. The predicted octanol–water partition coefficient (Wildman–Crippen LogP) is 10.5. The van der Waals surface area contributed by atoms with Crippen molar-refractivity contribution in [3.8, 4) is 0 Å². The smallest absolute Gasteiger partial charge is 0.424 e. The van der Waals surface area contributed by atoms with Crippen molar-refractivity contribution in [3.05, 3.63) is 86.1 Å². The van der Waals surface area contributed by atoms with Crippen molar-refractivity contribution in [2.75, 3.05) is 15.5 Å². The second-order valence-electron chi connectivity index (χ2n) is 13.1. The normalized spacial score (nSPS) is 16.7. The van der Waals surface area contributed by atoms with Crippen LogP contribution in [0.25, 0.3) is 0 Å². The Labute approximate surface area is 310 Å². The Morgan fingerprint density at radius 2 is 1.36 bits per heavy atom. The standard InChI is InChI=1S/C33H29Cl5F3N3O6/c1-31(2,3)49-29(47)44(30(48)50-32(4,5)6)26-19(39)9-10-21(25(26)41)43-27(45)16-12-15(13-20(40)24(16)36)42-28(46)23-22(33(23,37)38)14-7-8-17(34)18(35)11-14/h7-13,22-23H,1-6H3,(H,42,46)(H,43,45)/t22-,23+/m0/s1. The number of hydrogen-bond acceptors (Lipinski definition) is 6. The average molecular weight is 798 g/mol. The van der Waals surface area contributed by atoms with Crippen molar-refractivity contribution in [3.63, 3.8) is 0 Å². The molecule has 2 N–H and O–H groups in total. The Morgan fingerprint density at radius 1 is 0.780 bits per heavy atom. The van der Waals surface area contributed by atoms with E-state index in [-0.39, 0.29) is 20.6 Å². The molecule has 0 bridgehead atoms. The number of amides is 4. The SMILES string of the molecule is CC(C)(C)OC(=O)N(C(=O)OC(C)(C)C)c1c(F)ccc(NC(=O)c2cc(NC(=O)[C@H]3[C@H](c4ccc(Cl)c(Cl)c4)C3(Cl)Cl)cc(F)c2Cl)c1F. The summed E-state index contributed by atoms with van der Waals surface area (Å²) in [5.74, 6) is -7.81. The van der Waals surface area contributed by atoms with Gasteiger partial charge in [-0.15, -0.1) is 23.2 Å². The van der Waals surface area contributed by atoms with Gasteiger partial charge < -0.3 is 20.1 Å². The fourth-order valence-electron chi connectivity index (χ4n) is 4.72. The number of halogens is 8. The summed E-state index contributed by atoms with van der Waals surface area (Å²) in [7, 11) is 0. The Kier molecular flexibility index (Phi) is 11.3. The number of hydrogen-bond donors (Lipinski definition) is 2. The van der Waals surface area contributed by atoms with Crippen LogP contribution in [0.3, 0.4) is 0 Å². The zero-order valence-corrected chi connectivity index (χ0v) is 30.9. The summed E-state index contributed by atoms with van der Waals surface area (Å²) in [4.78, 5) is 52.6. The van der Waals surface area contributed by atoms with E-state index in [2.05, 4.69) is 10.6 Å². The number of nitrogens with one attached hydrogen (secondary N) is 2. The molecule has 0 aromatic heterocycles. The molecule has 9 nitrogen and oxygen atoms in total. The van der Waals surface area contributed by atoms with Gasteiger partial charge in [-0.3, -0.25) is 9.59 Å². The lowest BCUT2D eigenvalue weighted by atomic mass is 10.1. The van der Waals surface area contributed by atoms with E-state index in [9.17, 15) is 23.6 Å². The molecule has 4 amide bonds. The maximum absolute atomic E-state index is 16.0. The van der Waals surface area contributed by atoms with Crippen LogP contribution in [0, 0.1) is 23.4 Å². The fourth-order valence-corrected chi connectivity index (χ4v) is 6.05. The quantitative estimate of drug-likeness (QED) is 0.240. The molecule has 0 heterocycles. The summed E-state index contributed by atoms with van der Waals surface area (Å²) in [6.45, 7) is 8.76. The summed E-state index contributed by atoms with van der Waals surface area (Å²) in [6.07, 6.45) is -2.95. The summed E-state index contributed by atoms with van der Waals surface area (Å²) >= 11 is 30.9. The summed E-state index contributed by atoms with van der Waals surface area (Å²) < 4.78 is 54.9. The predicted molar refractivity (Wildman–Crippen MR) is 186 cm³/mol. The molecular formula is C33H29Cl5F3N3O6. The molecule has 0 unspecified atom stereocenters. The van der Waals surface area contributed by atoms with E-state index < -0.39 is 90.8 Å². The molecule has 1 aliphatic rings. The molecule has 0 aliphatic heterocycles. The van der Waals surface area contributed by atoms with Gasteiger partial charge in [0.25, 0.3) is 5.91 Å². The molecule has 2 atom stereocenters. The monoisotopic (exact) mass is 795 g/mol. The van der Waals surface area contributed by atoms with Crippen LogP contribution in [-0.4, -0.2) is 39.5 Å². The topological polar surface area (TPSA) is 114 Å². The Bertz CT molecular complexity index is 1870. The van der Waals surface area contributed by atoms with Gasteiger partial charge in [0.05, 0.1) is 32.2 Å². The molecule has 17 heteroatoms. The number of alkyl halides is 2. The lowest BCUT2D eigenvalue weighted by Crippen LogP contribution is -2.44. The summed E-state index contributed by atoms with van der Waals surface area (Å²) in [6, 6.07) is 7.89. The van der Waals surface area contributed by atoms with Gasteiger partial charge in [0.15, 0.2) is 11.6 Å². The van der Waals surface area contributed by atoms with Gasteiger partial charge in [-0.05, 0) is 83.5 Å². The Balaban J connectivity index is 1.63. The minimum Gasteiger partial charge on any atom is -0.443 e. The van der Waals surface area contributed by atoms with Crippen LogP contribution in [0.4, 0.5) is 39.8 Å². The number of anilines is 3. The van der Waals surface area contributed by atoms with Crippen molar-refractivity contribution in [2.24, 2.45) is 5.92 Å². The van der Waals surface area contributed by atoms with Crippen LogP contribution >= 0.6 is 58.0 Å². The summed E-state index contributed by atoms with van der Waals surface area (Å²) in [5, 5.41) is 4.33. The number of imide groups is 1. The first-order valence-corrected chi connectivity index (χ1v) is 16.5. The van der Waals surface area contributed by atoms with Crippen LogP contribution in [0.15, 0.2) is 42.5 Å². The third-order valence-corrected chi connectivity index (χ3v) is 8.93. The van der Waals surface area contributed by atoms with Crippen LogP contribution < -0.4 is 15.5 Å². The zero-order valence-electron chi connectivity index (χ0n) is 27.1. The van der Waals surface area contributed by atoms with E-state index >= 15 is 8.78 Å². The highest BCUT2D eigenvalue weighted by Gasteiger charge is 2.67. The molecule has 268 valence electrons. The second-order valence-corrected chi connectivity index (χ2v) is 15.8. The van der Waals surface area contributed by atoms with E-state index in [1.165, 1.54) is 53.7 Å². The van der Waals surface area contributed by atoms with E-state index in [4.69, 9.17) is 67.5 Å². The lowest BCUT2D eigenvalue weighted by Gasteiger charge is -2.29. The van der Waals surface area contributed by atoms with E-state index in [1.54, 1.807) is 6.07 Å². The van der Waals surface area contributed by atoms with Crippen molar-refractivity contribution < 1.29 is 41.8 Å². The molecule has 50 heavy (non-hydrogen) atoms.